The summed E-state index contributed by atoms with van der Waals surface area (Å²) in [5.74, 6) is 0.710. The SMILES string of the molecule is CC(CCN)CCC(=O)NC(C)C. The highest BCUT2D eigenvalue weighted by Crippen LogP contribution is 2.08. The molecule has 0 aromatic rings. The summed E-state index contributed by atoms with van der Waals surface area (Å²) in [4.78, 5) is 11.2. The summed E-state index contributed by atoms with van der Waals surface area (Å²) in [5, 5.41) is 2.87. The van der Waals surface area contributed by atoms with Crippen molar-refractivity contribution in [3.63, 3.8) is 0 Å². The van der Waals surface area contributed by atoms with Crippen LogP contribution in [0, 0.1) is 5.92 Å². The van der Waals surface area contributed by atoms with Crippen LogP contribution >= 0.6 is 0 Å². The summed E-state index contributed by atoms with van der Waals surface area (Å²) < 4.78 is 0. The van der Waals surface area contributed by atoms with Crippen LogP contribution < -0.4 is 11.1 Å². The highest BCUT2D eigenvalue weighted by atomic mass is 16.1. The Kier molecular flexibility index (Phi) is 6.59. The Morgan fingerprint density at radius 1 is 1.31 bits per heavy atom. The molecule has 0 heterocycles. The summed E-state index contributed by atoms with van der Waals surface area (Å²) in [6.45, 7) is 6.80. The fourth-order valence-corrected chi connectivity index (χ4v) is 1.20. The maximum atomic E-state index is 11.2. The van der Waals surface area contributed by atoms with Gasteiger partial charge in [0.2, 0.25) is 5.91 Å². The van der Waals surface area contributed by atoms with Crippen LogP contribution in [0.15, 0.2) is 0 Å². The molecule has 3 nitrogen and oxygen atoms in total. The van der Waals surface area contributed by atoms with Crippen molar-refractivity contribution in [2.45, 2.75) is 46.1 Å². The Morgan fingerprint density at radius 2 is 1.92 bits per heavy atom. The van der Waals surface area contributed by atoms with Gasteiger partial charge in [0.25, 0.3) is 0 Å². The van der Waals surface area contributed by atoms with Crippen molar-refractivity contribution in [1.29, 1.82) is 0 Å². The number of carbonyl (C=O) groups is 1. The van der Waals surface area contributed by atoms with Crippen molar-refractivity contribution in [2.24, 2.45) is 11.7 Å². The van der Waals surface area contributed by atoms with E-state index in [2.05, 4.69) is 12.2 Å². The Hall–Kier alpha value is -0.570. The van der Waals surface area contributed by atoms with E-state index in [1.807, 2.05) is 13.8 Å². The van der Waals surface area contributed by atoms with Gasteiger partial charge in [-0.25, -0.2) is 0 Å². The number of amides is 1. The third-order valence-corrected chi connectivity index (χ3v) is 1.97. The van der Waals surface area contributed by atoms with Crippen molar-refractivity contribution in [2.75, 3.05) is 6.54 Å². The van der Waals surface area contributed by atoms with E-state index in [0.717, 1.165) is 12.8 Å². The first-order valence-corrected chi connectivity index (χ1v) is 5.05. The maximum absolute atomic E-state index is 11.2. The predicted molar refractivity (Wildman–Crippen MR) is 55.3 cm³/mol. The predicted octanol–water partition coefficient (Wildman–Crippen LogP) is 1.28. The first-order chi connectivity index (χ1) is 6.06. The molecule has 3 heteroatoms. The molecule has 0 aliphatic heterocycles. The van der Waals surface area contributed by atoms with Gasteiger partial charge in [0, 0.05) is 12.5 Å². The highest BCUT2D eigenvalue weighted by Gasteiger charge is 2.06. The first kappa shape index (κ1) is 12.4. The molecule has 0 aliphatic carbocycles. The van der Waals surface area contributed by atoms with Crippen LogP contribution in [0.2, 0.25) is 0 Å². The van der Waals surface area contributed by atoms with Gasteiger partial charge in [0.1, 0.15) is 0 Å². The maximum Gasteiger partial charge on any atom is 0.220 e. The van der Waals surface area contributed by atoms with Gasteiger partial charge in [-0.05, 0) is 39.2 Å². The number of carbonyl (C=O) groups excluding carboxylic acids is 1. The van der Waals surface area contributed by atoms with Gasteiger partial charge in [-0.15, -0.1) is 0 Å². The minimum Gasteiger partial charge on any atom is -0.354 e. The van der Waals surface area contributed by atoms with E-state index in [1.54, 1.807) is 0 Å². The van der Waals surface area contributed by atoms with Crippen LogP contribution in [0.4, 0.5) is 0 Å². The van der Waals surface area contributed by atoms with E-state index < -0.39 is 0 Å². The van der Waals surface area contributed by atoms with Gasteiger partial charge >= 0.3 is 0 Å². The summed E-state index contributed by atoms with van der Waals surface area (Å²) >= 11 is 0. The Labute approximate surface area is 81.1 Å². The molecule has 0 rings (SSSR count). The highest BCUT2D eigenvalue weighted by molar-refractivity contribution is 5.76. The van der Waals surface area contributed by atoms with Gasteiger partial charge in [-0.3, -0.25) is 4.79 Å². The van der Waals surface area contributed by atoms with Crippen LogP contribution in [-0.2, 0) is 4.79 Å². The van der Waals surface area contributed by atoms with E-state index >= 15 is 0 Å². The second-order valence-corrected chi connectivity index (χ2v) is 3.94. The van der Waals surface area contributed by atoms with Crippen LogP contribution in [0.5, 0.6) is 0 Å². The first-order valence-electron chi connectivity index (χ1n) is 5.05. The van der Waals surface area contributed by atoms with E-state index in [9.17, 15) is 4.79 Å². The van der Waals surface area contributed by atoms with E-state index in [-0.39, 0.29) is 11.9 Å². The quantitative estimate of drug-likeness (QED) is 0.656. The normalized spacial score (nSPS) is 13.0. The summed E-state index contributed by atoms with van der Waals surface area (Å²) in [7, 11) is 0. The van der Waals surface area contributed by atoms with E-state index in [0.29, 0.717) is 18.9 Å². The Bertz CT molecular complexity index is 146. The van der Waals surface area contributed by atoms with Crippen LogP contribution in [0.3, 0.4) is 0 Å². The second-order valence-electron chi connectivity index (χ2n) is 3.94. The van der Waals surface area contributed by atoms with Crippen molar-refractivity contribution >= 4 is 5.91 Å². The zero-order valence-corrected chi connectivity index (χ0v) is 8.97. The lowest BCUT2D eigenvalue weighted by Crippen LogP contribution is -2.30. The molecule has 0 aliphatic rings. The molecule has 0 saturated heterocycles. The fourth-order valence-electron chi connectivity index (χ4n) is 1.20. The molecule has 0 saturated carbocycles. The average molecular weight is 186 g/mol. The van der Waals surface area contributed by atoms with Crippen LogP contribution in [-0.4, -0.2) is 18.5 Å². The van der Waals surface area contributed by atoms with Crippen LogP contribution in [0.1, 0.15) is 40.0 Å². The van der Waals surface area contributed by atoms with Gasteiger partial charge in [-0.1, -0.05) is 6.92 Å². The van der Waals surface area contributed by atoms with Gasteiger partial charge in [-0.2, -0.15) is 0 Å². The third kappa shape index (κ3) is 7.78. The monoisotopic (exact) mass is 186 g/mol. The lowest BCUT2D eigenvalue weighted by molar-refractivity contribution is -0.121. The molecule has 0 radical (unpaired) electrons. The number of hydrogen-bond acceptors (Lipinski definition) is 2. The molecular formula is C10H22N2O. The molecular weight excluding hydrogens is 164 g/mol. The van der Waals surface area contributed by atoms with E-state index in [4.69, 9.17) is 5.73 Å². The molecule has 1 amide bonds. The molecule has 0 spiro atoms. The lowest BCUT2D eigenvalue weighted by Gasteiger charge is -2.11. The molecule has 78 valence electrons. The van der Waals surface area contributed by atoms with Crippen molar-refractivity contribution in [3.8, 4) is 0 Å². The minimum atomic E-state index is 0.152. The standard InChI is InChI=1S/C10H22N2O/c1-8(2)12-10(13)5-4-9(3)6-7-11/h8-9H,4-7,11H2,1-3H3,(H,12,13). The Morgan fingerprint density at radius 3 is 2.38 bits per heavy atom. The number of nitrogens with two attached hydrogens (primary N) is 1. The van der Waals surface area contributed by atoms with Crippen molar-refractivity contribution in [3.05, 3.63) is 0 Å². The molecule has 0 bridgehead atoms. The number of hydrogen-bond donors (Lipinski definition) is 2. The molecule has 1 unspecified atom stereocenters. The summed E-state index contributed by atoms with van der Waals surface area (Å²) in [6.07, 6.45) is 2.57. The number of rotatable bonds is 6. The minimum absolute atomic E-state index is 0.152. The molecule has 0 aromatic heterocycles. The zero-order chi connectivity index (χ0) is 10.3. The molecule has 3 N–H and O–H groups in total. The van der Waals surface area contributed by atoms with Crippen molar-refractivity contribution < 1.29 is 4.79 Å². The Balaban J connectivity index is 3.46. The molecule has 1 atom stereocenters. The molecule has 0 fully saturated rings. The smallest absolute Gasteiger partial charge is 0.220 e. The molecule has 13 heavy (non-hydrogen) atoms. The lowest BCUT2D eigenvalue weighted by atomic mass is 10.0. The fraction of sp³-hybridized carbons (Fsp3) is 0.900. The number of nitrogens with one attached hydrogen (secondary N) is 1. The van der Waals surface area contributed by atoms with E-state index in [1.165, 1.54) is 0 Å². The summed E-state index contributed by atoms with van der Waals surface area (Å²) in [5.41, 5.74) is 5.42. The second kappa shape index (κ2) is 6.89. The zero-order valence-electron chi connectivity index (χ0n) is 8.97. The largest absolute Gasteiger partial charge is 0.354 e. The average Bonchev–Trinajstić information content (AvgIpc) is 2.00. The summed E-state index contributed by atoms with van der Waals surface area (Å²) in [6, 6.07) is 0.248. The van der Waals surface area contributed by atoms with Gasteiger partial charge < -0.3 is 11.1 Å². The van der Waals surface area contributed by atoms with Crippen molar-refractivity contribution in [1.82, 2.24) is 5.32 Å². The molecule has 0 aromatic carbocycles. The third-order valence-electron chi connectivity index (χ3n) is 1.97. The van der Waals surface area contributed by atoms with Gasteiger partial charge in [0.15, 0.2) is 0 Å². The van der Waals surface area contributed by atoms with Gasteiger partial charge in [0.05, 0.1) is 0 Å². The topological polar surface area (TPSA) is 55.1 Å². The van der Waals surface area contributed by atoms with Crippen LogP contribution in [0.25, 0.3) is 0 Å².